The Morgan fingerprint density at radius 3 is 2.14 bits per heavy atom. The van der Waals surface area contributed by atoms with Crippen molar-refractivity contribution in [3.05, 3.63) is 54.1 Å². The molecular weight excluding hydrogens is 284 g/mol. The number of rotatable bonds is 8. The number of para-hydroxylation sites is 1. The third-order valence-electron chi connectivity index (χ3n) is 3.02. The van der Waals surface area contributed by atoms with Crippen molar-refractivity contribution in [3.8, 4) is 17.2 Å². The lowest BCUT2D eigenvalue weighted by Crippen LogP contribution is -2.03. The normalized spacial score (nSPS) is 10.2. The van der Waals surface area contributed by atoms with E-state index in [9.17, 15) is 9.90 Å². The molecule has 0 aromatic heterocycles. The van der Waals surface area contributed by atoms with E-state index in [1.165, 1.54) is 18.2 Å². The van der Waals surface area contributed by atoms with Crippen LogP contribution in [0.15, 0.2) is 48.5 Å². The van der Waals surface area contributed by atoms with Gasteiger partial charge in [0.2, 0.25) is 0 Å². The molecule has 0 heterocycles. The van der Waals surface area contributed by atoms with Crippen molar-refractivity contribution in [1.82, 2.24) is 0 Å². The van der Waals surface area contributed by atoms with Crippen molar-refractivity contribution in [2.45, 2.75) is 12.8 Å². The third-order valence-corrected chi connectivity index (χ3v) is 3.02. The van der Waals surface area contributed by atoms with Gasteiger partial charge in [-0.3, -0.25) is 0 Å². The van der Waals surface area contributed by atoms with Gasteiger partial charge in [0.05, 0.1) is 13.2 Å². The van der Waals surface area contributed by atoms with E-state index in [2.05, 4.69) is 0 Å². The highest BCUT2D eigenvalue weighted by Crippen LogP contribution is 2.23. The summed E-state index contributed by atoms with van der Waals surface area (Å²) < 4.78 is 11.0. The molecule has 2 aromatic rings. The van der Waals surface area contributed by atoms with Crippen molar-refractivity contribution in [2.75, 3.05) is 13.2 Å². The lowest BCUT2D eigenvalue weighted by Gasteiger charge is -2.08. The van der Waals surface area contributed by atoms with Crippen molar-refractivity contribution < 1.29 is 24.5 Å². The van der Waals surface area contributed by atoms with Crippen LogP contribution in [0.1, 0.15) is 23.2 Å². The van der Waals surface area contributed by atoms with Gasteiger partial charge >= 0.3 is 5.97 Å². The zero-order valence-corrected chi connectivity index (χ0v) is 12.1. The summed E-state index contributed by atoms with van der Waals surface area (Å²) in [5.41, 5.74) is -0.136. The second-order valence-corrected chi connectivity index (χ2v) is 4.70. The van der Waals surface area contributed by atoms with Gasteiger partial charge in [0.1, 0.15) is 22.8 Å². The Morgan fingerprint density at radius 2 is 1.55 bits per heavy atom. The van der Waals surface area contributed by atoms with Crippen LogP contribution in [0.25, 0.3) is 0 Å². The number of aromatic carboxylic acids is 1. The Kier molecular flexibility index (Phi) is 5.65. The van der Waals surface area contributed by atoms with Gasteiger partial charge in [-0.1, -0.05) is 18.2 Å². The molecule has 2 rings (SSSR count). The van der Waals surface area contributed by atoms with Crippen LogP contribution in [0.2, 0.25) is 0 Å². The number of carboxylic acid groups (broad SMARTS) is 1. The van der Waals surface area contributed by atoms with Gasteiger partial charge in [-0.05, 0) is 37.1 Å². The van der Waals surface area contributed by atoms with Gasteiger partial charge in [-0.15, -0.1) is 0 Å². The summed E-state index contributed by atoms with van der Waals surface area (Å²) in [5.74, 6) is -0.163. The molecule has 5 heteroatoms. The first kappa shape index (κ1) is 15.7. The van der Waals surface area contributed by atoms with Crippen molar-refractivity contribution in [1.29, 1.82) is 0 Å². The van der Waals surface area contributed by atoms with Crippen LogP contribution in [0.5, 0.6) is 17.2 Å². The maximum absolute atomic E-state index is 10.8. The fourth-order valence-corrected chi connectivity index (χ4v) is 1.88. The minimum atomic E-state index is -1.16. The summed E-state index contributed by atoms with van der Waals surface area (Å²) in [6.45, 7) is 1.08. The predicted octanol–water partition coefficient (Wildman–Crippen LogP) is 3.33. The highest BCUT2D eigenvalue weighted by molar-refractivity contribution is 5.90. The lowest BCUT2D eigenvalue weighted by atomic mass is 10.2. The van der Waals surface area contributed by atoms with Crippen molar-refractivity contribution in [3.63, 3.8) is 0 Å². The number of carbonyl (C=O) groups is 1. The van der Waals surface area contributed by atoms with E-state index in [4.69, 9.17) is 14.6 Å². The van der Waals surface area contributed by atoms with Crippen LogP contribution in [-0.4, -0.2) is 29.4 Å². The summed E-state index contributed by atoms with van der Waals surface area (Å²) in [5, 5.41) is 18.4. The van der Waals surface area contributed by atoms with E-state index in [0.717, 1.165) is 18.6 Å². The molecule has 0 amide bonds. The molecule has 116 valence electrons. The van der Waals surface area contributed by atoms with Crippen LogP contribution >= 0.6 is 0 Å². The molecule has 0 aliphatic carbocycles. The zero-order valence-electron chi connectivity index (χ0n) is 12.1. The summed E-state index contributed by atoms with van der Waals surface area (Å²) >= 11 is 0. The van der Waals surface area contributed by atoms with Gasteiger partial charge in [0.25, 0.3) is 0 Å². The van der Waals surface area contributed by atoms with E-state index in [1.807, 2.05) is 30.3 Å². The lowest BCUT2D eigenvalue weighted by molar-refractivity contribution is 0.0693. The predicted molar refractivity (Wildman–Crippen MR) is 81.7 cm³/mol. The number of aromatic hydroxyl groups is 1. The Morgan fingerprint density at radius 1 is 0.909 bits per heavy atom. The van der Waals surface area contributed by atoms with Gasteiger partial charge in [-0.25, -0.2) is 4.79 Å². The zero-order chi connectivity index (χ0) is 15.8. The summed E-state index contributed by atoms with van der Waals surface area (Å²) in [6.07, 6.45) is 1.64. The standard InChI is InChI=1S/C17H18O5/c18-16-12-14(8-9-15(16)17(19)20)22-11-5-4-10-21-13-6-2-1-3-7-13/h1-3,6-9,12,18H,4-5,10-11H2,(H,19,20). The molecule has 2 aromatic carbocycles. The van der Waals surface area contributed by atoms with Crippen LogP contribution in [0.3, 0.4) is 0 Å². The van der Waals surface area contributed by atoms with Crippen LogP contribution in [-0.2, 0) is 0 Å². The van der Waals surface area contributed by atoms with E-state index >= 15 is 0 Å². The van der Waals surface area contributed by atoms with E-state index in [0.29, 0.717) is 19.0 Å². The number of benzene rings is 2. The average molecular weight is 302 g/mol. The summed E-state index contributed by atoms with van der Waals surface area (Å²) in [4.78, 5) is 10.8. The van der Waals surface area contributed by atoms with Gasteiger partial charge in [0, 0.05) is 6.07 Å². The molecule has 2 N–H and O–H groups in total. The van der Waals surface area contributed by atoms with Crippen molar-refractivity contribution >= 4 is 5.97 Å². The number of hydrogen-bond acceptors (Lipinski definition) is 4. The number of carboxylic acids is 1. The van der Waals surface area contributed by atoms with Crippen LogP contribution < -0.4 is 9.47 Å². The molecule has 22 heavy (non-hydrogen) atoms. The molecular formula is C17H18O5. The molecule has 0 aliphatic rings. The molecule has 0 radical (unpaired) electrons. The molecule has 0 unspecified atom stereocenters. The van der Waals surface area contributed by atoms with E-state index in [1.54, 1.807) is 0 Å². The van der Waals surface area contributed by atoms with Gasteiger partial charge < -0.3 is 19.7 Å². The minimum absolute atomic E-state index is 0.136. The molecule has 0 saturated carbocycles. The van der Waals surface area contributed by atoms with Crippen LogP contribution in [0.4, 0.5) is 0 Å². The minimum Gasteiger partial charge on any atom is -0.507 e. The maximum atomic E-state index is 10.8. The Balaban J connectivity index is 1.66. The Labute approximate surface area is 128 Å². The second-order valence-electron chi connectivity index (χ2n) is 4.70. The smallest absolute Gasteiger partial charge is 0.339 e. The monoisotopic (exact) mass is 302 g/mol. The molecule has 0 fully saturated rings. The molecule has 0 saturated heterocycles. The Bertz CT molecular complexity index is 610. The first-order chi connectivity index (χ1) is 10.7. The van der Waals surface area contributed by atoms with Crippen LogP contribution in [0, 0.1) is 0 Å². The summed E-state index contributed by atoms with van der Waals surface area (Å²) in [7, 11) is 0. The van der Waals surface area contributed by atoms with Gasteiger partial charge in [-0.2, -0.15) is 0 Å². The number of hydrogen-bond donors (Lipinski definition) is 2. The molecule has 0 aliphatic heterocycles. The maximum Gasteiger partial charge on any atom is 0.339 e. The highest BCUT2D eigenvalue weighted by atomic mass is 16.5. The number of ether oxygens (including phenoxy) is 2. The fourth-order valence-electron chi connectivity index (χ4n) is 1.88. The van der Waals surface area contributed by atoms with Crippen molar-refractivity contribution in [2.24, 2.45) is 0 Å². The quantitative estimate of drug-likeness (QED) is 0.731. The molecule has 0 atom stereocenters. The molecule has 5 nitrogen and oxygen atoms in total. The number of unbranched alkanes of at least 4 members (excludes halogenated alkanes) is 1. The third kappa shape index (κ3) is 4.70. The Hall–Kier alpha value is -2.69. The highest BCUT2D eigenvalue weighted by Gasteiger charge is 2.09. The van der Waals surface area contributed by atoms with E-state index in [-0.39, 0.29) is 11.3 Å². The fraction of sp³-hybridized carbons (Fsp3) is 0.235. The molecule has 0 spiro atoms. The molecule has 0 bridgehead atoms. The second kappa shape index (κ2) is 7.93. The largest absolute Gasteiger partial charge is 0.507 e. The van der Waals surface area contributed by atoms with Gasteiger partial charge in [0.15, 0.2) is 0 Å². The average Bonchev–Trinajstić information content (AvgIpc) is 2.51. The first-order valence-electron chi connectivity index (χ1n) is 7.04. The SMILES string of the molecule is O=C(O)c1ccc(OCCCCOc2ccccc2)cc1O. The summed E-state index contributed by atoms with van der Waals surface area (Å²) in [6, 6.07) is 13.8. The number of phenols is 1. The first-order valence-corrected chi connectivity index (χ1v) is 7.04. The van der Waals surface area contributed by atoms with E-state index < -0.39 is 5.97 Å². The topological polar surface area (TPSA) is 76.0 Å².